The monoisotopic (exact) mass is 254 g/mol. The number of nitrogens with one attached hydrogen (secondary N) is 2. The Hall–Kier alpha value is -1.07. The lowest BCUT2D eigenvalue weighted by atomic mass is 10.3. The molecule has 0 bridgehead atoms. The standard InChI is InChI=1S/C12H22N4S/c1-3-5-8-14-12(16-13)15-9-11-7-6-10(4-2)17-11/h6-7H,3-5,8-9,13H2,1-2H3,(H2,14,15,16). The van der Waals surface area contributed by atoms with Crippen molar-refractivity contribution >= 4 is 17.3 Å². The van der Waals surface area contributed by atoms with E-state index in [1.807, 2.05) is 11.3 Å². The summed E-state index contributed by atoms with van der Waals surface area (Å²) in [7, 11) is 0. The Labute approximate surface area is 107 Å². The Bertz CT molecular complexity index is 346. The van der Waals surface area contributed by atoms with Crippen LogP contribution in [0.5, 0.6) is 0 Å². The van der Waals surface area contributed by atoms with Crippen LogP contribution in [0.4, 0.5) is 0 Å². The third-order valence-corrected chi connectivity index (χ3v) is 3.63. The first kappa shape index (κ1) is 14.0. The molecule has 96 valence electrons. The first-order chi connectivity index (χ1) is 8.30. The van der Waals surface area contributed by atoms with E-state index in [0.29, 0.717) is 12.5 Å². The van der Waals surface area contributed by atoms with Gasteiger partial charge in [0.2, 0.25) is 5.96 Å². The summed E-state index contributed by atoms with van der Waals surface area (Å²) in [6.07, 6.45) is 3.38. The fraction of sp³-hybridized carbons (Fsp3) is 0.583. The van der Waals surface area contributed by atoms with Gasteiger partial charge in [0.05, 0.1) is 6.54 Å². The van der Waals surface area contributed by atoms with Crippen LogP contribution in [-0.4, -0.2) is 12.5 Å². The zero-order valence-electron chi connectivity index (χ0n) is 10.6. The van der Waals surface area contributed by atoms with Crippen LogP contribution in [0.1, 0.15) is 36.4 Å². The molecule has 17 heavy (non-hydrogen) atoms. The number of nitrogens with zero attached hydrogens (tertiary/aromatic N) is 1. The molecule has 0 unspecified atom stereocenters. The Kier molecular flexibility index (Phi) is 6.65. The molecule has 0 aliphatic rings. The van der Waals surface area contributed by atoms with Gasteiger partial charge in [-0.05, 0) is 25.0 Å². The highest BCUT2D eigenvalue weighted by atomic mass is 32.1. The average Bonchev–Trinajstić information content (AvgIpc) is 2.81. The second kappa shape index (κ2) is 8.08. The van der Waals surface area contributed by atoms with Gasteiger partial charge in [0, 0.05) is 16.3 Å². The van der Waals surface area contributed by atoms with Crippen LogP contribution in [0.2, 0.25) is 0 Å². The van der Waals surface area contributed by atoms with E-state index in [1.54, 1.807) is 0 Å². The van der Waals surface area contributed by atoms with E-state index in [2.05, 4.69) is 41.7 Å². The number of nitrogens with two attached hydrogens (primary N) is 1. The normalized spacial score (nSPS) is 11.6. The molecular weight excluding hydrogens is 232 g/mol. The van der Waals surface area contributed by atoms with Crippen molar-refractivity contribution in [2.45, 2.75) is 39.7 Å². The van der Waals surface area contributed by atoms with Crippen LogP contribution < -0.4 is 16.6 Å². The van der Waals surface area contributed by atoms with E-state index in [-0.39, 0.29) is 0 Å². The fourth-order valence-corrected chi connectivity index (χ4v) is 2.27. The number of aliphatic imine (C=N–C) groups is 1. The van der Waals surface area contributed by atoms with Gasteiger partial charge in [-0.15, -0.1) is 11.3 Å². The molecule has 5 heteroatoms. The van der Waals surface area contributed by atoms with Gasteiger partial charge in [0.25, 0.3) is 0 Å². The first-order valence-corrected chi connectivity index (χ1v) is 6.94. The zero-order chi connectivity index (χ0) is 12.5. The number of aryl methyl sites for hydroxylation is 1. The molecule has 0 saturated carbocycles. The van der Waals surface area contributed by atoms with Gasteiger partial charge in [0.1, 0.15) is 0 Å². The number of hydrazine groups is 1. The van der Waals surface area contributed by atoms with Crippen molar-refractivity contribution in [2.75, 3.05) is 6.54 Å². The molecule has 0 aliphatic carbocycles. The van der Waals surface area contributed by atoms with Gasteiger partial charge >= 0.3 is 0 Å². The Morgan fingerprint density at radius 1 is 1.35 bits per heavy atom. The summed E-state index contributed by atoms with van der Waals surface area (Å²) in [5.41, 5.74) is 2.60. The maximum absolute atomic E-state index is 5.41. The SMILES string of the molecule is CCCCNC(=NCc1ccc(CC)s1)NN. The predicted molar refractivity (Wildman–Crippen MR) is 75.1 cm³/mol. The smallest absolute Gasteiger partial charge is 0.206 e. The quantitative estimate of drug-likeness (QED) is 0.239. The minimum Gasteiger partial charge on any atom is -0.355 e. The molecule has 4 N–H and O–H groups in total. The molecule has 0 amide bonds. The number of unbranched alkanes of at least 4 members (excludes halogenated alkanes) is 1. The van der Waals surface area contributed by atoms with Crippen LogP contribution in [0.25, 0.3) is 0 Å². The van der Waals surface area contributed by atoms with Crippen molar-refractivity contribution < 1.29 is 0 Å². The Morgan fingerprint density at radius 3 is 2.71 bits per heavy atom. The highest BCUT2D eigenvalue weighted by Gasteiger charge is 1.99. The summed E-state index contributed by atoms with van der Waals surface area (Å²) in [5.74, 6) is 6.08. The highest BCUT2D eigenvalue weighted by molar-refractivity contribution is 7.11. The summed E-state index contributed by atoms with van der Waals surface area (Å²) in [6, 6.07) is 4.29. The molecular formula is C12H22N4S. The summed E-state index contributed by atoms with van der Waals surface area (Å²) in [5, 5.41) is 3.18. The topological polar surface area (TPSA) is 62.4 Å². The fourth-order valence-electron chi connectivity index (χ4n) is 1.39. The number of hydrogen-bond donors (Lipinski definition) is 3. The second-order valence-electron chi connectivity index (χ2n) is 3.81. The molecule has 1 rings (SSSR count). The predicted octanol–water partition coefficient (Wildman–Crippen LogP) is 2.02. The molecule has 0 aromatic carbocycles. The molecule has 0 atom stereocenters. The number of thiophene rings is 1. The van der Waals surface area contributed by atoms with Crippen molar-refractivity contribution in [1.29, 1.82) is 0 Å². The number of guanidine groups is 1. The lowest BCUT2D eigenvalue weighted by Crippen LogP contribution is -2.41. The van der Waals surface area contributed by atoms with Crippen molar-refractivity contribution in [1.82, 2.24) is 10.7 Å². The van der Waals surface area contributed by atoms with E-state index < -0.39 is 0 Å². The third-order valence-electron chi connectivity index (χ3n) is 2.42. The Balaban J connectivity index is 2.43. The molecule has 0 spiro atoms. The summed E-state index contributed by atoms with van der Waals surface area (Å²) in [4.78, 5) is 7.08. The minimum absolute atomic E-state index is 0.671. The number of hydrogen-bond acceptors (Lipinski definition) is 3. The summed E-state index contributed by atoms with van der Waals surface area (Å²) in [6.45, 7) is 5.91. The lowest BCUT2D eigenvalue weighted by Gasteiger charge is -2.07. The van der Waals surface area contributed by atoms with Crippen LogP contribution in [0.3, 0.4) is 0 Å². The van der Waals surface area contributed by atoms with Crippen LogP contribution in [0.15, 0.2) is 17.1 Å². The van der Waals surface area contributed by atoms with Gasteiger partial charge in [-0.25, -0.2) is 10.8 Å². The van der Waals surface area contributed by atoms with E-state index in [4.69, 9.17) is 5.84 Å². The van der Waals surface area contributed by atoms with E-state index in [0.717, 1.165) is 25.8 Å². The zero-order valence-corrected chi connectivity index (χ0v) is 11.4. The van der Waals surface area contributed by atoms with Crippen molar-refractivity contribution in [2.24, 2.45) is 10.8 Å². The van der Waals surface area contributed by atoms with E-state index in [9.17, 15) is 0 Å². The molecule has 0 saturated heterocycles. The lowest BCUT2D eigenvalue weighted by molar-refractivity contribution is 0.732. The maximum Gasteiger partial charge on any atom is 0.206 e. The maximum atomic E-state index is 5.41. The third kappa shape index (κ3) is 5.19. The van der Waals surface area contributed by atoms with Crippen molar-refractivity contribution in [3.8, 4) is 0 Å². The molecule has 0 radical (unpaired) electrons. The molecule has 4 nitrogen and oxygen atoms in total. The summed E-state index contributed by atoms with van der Waals surface area (Å²) < 4.78 is 0. The average molecular weight is 254 g/mol. The largest absolute Gasteiger partial charge is 0.355 e. The van der Waals surface area contributed by atoms with E-state index >= 15 is 0 Å². The first-order valence-electron chi connectivity index (χ1n) is 6.12. The number of rotatable bonds is 6. The van der Waals surface area contributed by atoms with Gasteiger partial charge in [-0.3, -0.25) is 5.43 Å². The Morgan fingerprint density at radius 2 is 2.12 bits per heavy atom. The van der Waals surface area contributed by atoms with Gasteiger partial charge in [-0.2, -0.15) is 0 Å². The molecule has 0 fully saturated rings. The minimum atomic E-state index is 0.671. The van der Waals surface area contributed by atoms with Gasteiger partial charge < -0.3 is 5.32 Å². The van der Waals surface area contributed by atoms with Crippen LogP contribution in [-0.2, 0) is 13.0 Å². The molecule has 0 aliphatic heterocycles. The molecule has 1 heterocycles. The van der Waals surface area contributed by atoms with Crippen molar-refractivity contribution in [3.63, 3.8) is 0 Å². The summed E-state index contributed by atoms with van der Waals surface area (Å²) >= 11 is 1.81. The highest BCUT2D eigenvalue weighted by Crippen LogP contribution is 2.17. The van der Waals surface area contributed by atoms with Crippen LogP contribution in [0, 0.1) is 0 Å². The van der Waals surface area contributed by atoms with Gasteiger partial charge in [0.15, 0.2) is 0 Å². The van der Waals surface area contributed by atoms with Crippen LogP contribution >= 0.6 is 11.3 Å². The molecule has 1 aromatic heterocycles. The van der Waals surface area contributed by atoms with E-state index in [1.165, 1.54) is 9.75 Å². The second-order valence-corrected chi connectivity index (χ2v) is 5.06. The molecule has 1 aromatic rings. The van der Waals surface area contributed by atoms with Crippen molar-refractivity contribution in [3.05, 3.63) is 21.9 Å². The van der Waals surface area contributed by atoms with Gasteiger partial charge in [-0.1, -0.05) is 20.3 Å².